The molecule has 0 spiro atoms. The van der Waals surface area contributed by atoms with E-state index in [9.17, 15) is 13.2 Å². The van der Waals surface area contributed by atoms with E-state index in [-0.39, 0.29) is 11.7 Å². The van der Waals surface area contributed by atoms with Crippen molar-refractivity contribution in [2.24, 2.45) is 0 Å². The van der Waals surface area contributed by atoms with Gasteiger partial charge in [0.15, 0.2) is 0 Å². The van der Waals surface area contributed by atoms with Crippen molar-refractivity contribution < 1.29 is 13.2 Å². The fraction of sp³-hybridized carbons (Fsp3) is 0.350. The average Bonchev–Trinajstić information content (AvgIpc) is 2.70. The van der Waals surface area contributed by atoms with Gasteiger partial charge in [-0.15, -0.1) is 11.8 Å². The molecule has 2 aromatic rings. The van der Waals surface area contributed by atoms with Gasteiger partial charge >= 0.3 is 0 Å². The molecule has 3 rings (SSSR count). The predicted molar refractivity (Wildman–Crippen MR) is 117 cm³/mol. The Hall–Kier alpha value is -1.35. The summed E-state index contributed by atoms with van der Waals surface area (Å²) in [7, 11) is -3.35. The summed E-state index contributed by atoms with van der Waals surface area (Å²) in [6, 6.07) is 17.2. The smallest absolute Gasteiger partial charge is 0.223 e. The third-order valence-electron chi connectivity index (χ3n) is 4.57. The Labute approximate surface area is 179 Å². The fourth-order valence-corrected chi connectivity index (χ4v) is 5.66. The molecule has 1 saturated heterocycles. The molecule has 1 fully saturated rings. The summed E-state index contributed by atoms with van der Waals surface area (Å²) < 4.78 is 27.7. The first-order chi connectivity index (χ1) is 13.4. The highest BCUT2D eigenvalue weighted by molar-refractivity contribution is 9.10. The summed E-state index contributed by atoms with van der Waals surface area (Å²) in [4.78, 5) is 15.3. The number of carbonyl (C=O) groups is 1. The van der Waals surface area contributed by atoms with E-state index in [0.29, 0.717) is 38.4 Å². The number of hydrogen-bond donors (Lipinski definition) is 0. The first kappa shape index (κ1) is 21.4. The van der Waals surface area contributed by atoms with Crippen LogP contribution in [0.2, 0.25) is 0 Å². The van der Waals surface area contributed by atoms with Crippen LogP contribution >= 0.6 is 27.7 Å². The van der Waals surface area contributed by atoms with Crippen LogP contribution in [-0.2, 0) is 20.6 Å². The van der Waals surface area contributed by atoms with Crippen molar-refractivity contribution in [1.29, 1.82) is 0 Å². The lowest BCUT2D eigenvalue weighted by Gasteiger charge is -2.34. The summed E-state index contributed by atoms with van der Waals surface area (Å²) in [6.45, 7) is 1.63. The van der Waals surface area contributed by atoms with Crippen LogP contribution < -0.4 is 0 Å². The van der Waals surface area contributed by atoms with Gasteiger partial charge in [-0.1, -0.05) is 46.3 Å². The molecule has 1 aliphatic heterocycles. The molecule has 0 aliphatic carbocycles. The molecule has 0 radical (unpaired) electrons. The quantitative estimate of drug-likeness (QED) is 0.565. The van der Waals surface area contributed by atoms with Crippen molar-refractivity contribution in [3.8, 4) is 0 Å². The van der Waals surface area contributed by atoms with Crippen molar-refractivity contribution in [2.75, 3.05) is 31.9 Å². The summed E-state index contributed by atoms with van der Waals surface area (Å²) in [5.41, 5.74) is 0.783. The number of nitrogens with zero attached hydrogens (tertiary/aromatic N) is 2. The Bertz CT molecular complexity index is 881. The topological polar surface area (TPSA) is 57.7 Å². The first-order valence-electron chi connectivity index (χ1n) is 9.12. The second kappa shape index (κ2) is 9.91. The zero-order valence-corrected chi connectivity index (χ0v) is 18.7. The Morgan fingerprint density at radius 2 is 1.61 bits per heavy atom. The highest BCUT2D eigenvalue weighted by Crippen LogP contribution is 2.22. The summed E-state index contributed by atoms with van der Waals surface area (Å²) in [5.74, 6) is 0.809. The van der Waals surface area contributed by atoms with Crippen LogP contribution in [0, 0.1) is 0 Å². The van der Waals surface area contributed by atoms with Gasteiger partial charge in [0.1, 0.15) is 0 Å². The molecule has 150 valence electrons. The van der Waals surface area contributed by atoms with E-state index in [1.54, 1.807) is 16.7 Å². The normalized spacial score (nSPS) is 15.5. The average molecular weight is 483 g/mol. The SMILES string of the molecule is O=C(CCSc1ccc(Br)cc1)N1CCN(S(=O)(=O)Cc2ccccc2)CC1. The van der Waals surface area contributed by atoms with E-state index in [1.807, 2.05) is 54.6 Å². The third-order valence-corrected chi connectivity index (χ3v) is 7.97. The van der Waals surface area contributed by atoms with E-state index in [1.165, 1.54) is 4.31 Å². The largest absolute Gasteiger partial charge is 0.340 e. The monoisotopic (exact) mass is 482 g/mol. The number of sulfonamides is 1. The Balaban J connectivity index is 1.44. The van der Waals surface area contributed by atoms with Gasteiger partial charge in [-0.3, -0.25) is 4.79 Å². The summed E-state index contributed by atoms with van der Waals surface area (Å²) >= 11 is 5.06. The van der Waals surface area contributed by atoms with Gasteiger partial charge in [-0.25, -0.2) is 8.42 Å². The molecule has 1 heterocycles. The van der Waals surface area contributed by atoms with Crippen LogP contribution in [-0.4, -0.2) is 55.5 Å². The van der Waals surface area contributed by atoms with Crippen molar-refractivity contribution in [3.63, 3.8) is 0 Å². The minimum atomic E-state index is -3.35. The van der Waals surface area contributed by atoms with E-state index in [2.05, 4.69) is 15.9 Å². The molecular formula is C20H23BrN2O3S2. The fourth-order valence-electron chi connectivity index (χ4n) is 3.04. The number of rotatable bonds is 7. The van der Waals surface area contributed by atoms with Gasteiger partial charge in [0.2, 0.25) is 15.9 Å². The van der Waals surface area contributed by atoms with E-state index >= 15 is 0 Å². The summed E-state index contributed by atoms with van der Waals surface area (Å²) in [6.07, 6.45) is 0.456. The molecule has 2 aromatic carbocycles. The molecule has 0 saturated carbocycles. The molecule has 0 unspecified atom stereocenters. The van der Waals surface area contributed by atoms with Gasteiger partial charge < -0.3 is 4.90 Å². The maximum absolute atomic E-state index is 12.6. The van der Waals surface area contributed by atoms with Gasteiger partial charge in [0.25, 0.3) is 0 Å². The zero-order chi connectivity index (χ0) is 20.0. The van der Waals surface area contributed by atoms with Crippen LogP contribution in [0.15, 0.2) is 64.0 Å². The number of amides is 1. The standard InChI is InChI=1S/C20H23BrN2O3S2/c21-18-6-8-19(9-7-18)27-15-10-20(24)22-11-13-23(14-12-22)28(25,26)16-17-4-2-1-3-5-17/h1-9H,10-16H2. The lowest BCUT2D eigenvalue weighted by atomic mass is 10.2. The lowest BCUT2D eigenvalue weighted by molar-refractivity contribution is -0.131. The maximum atomic E-state index is 12.6. The molecule has 8 heteroatoms. The van der Waals surface area contributed by atoms with Crippen LogP contribution in [0.1, 0.15) is 12.0 Å². The minimum Gasteiger partial charge on any atom is -0.340 e. The number of thioether (sulfide) groups is 1. The molecule has 1 aliphatic rings. The van der Waals surface area contributed by atoms with Crippen LogP contribution in [0.25, 0.3) is 0 Å². The van der Waals surface area contributed by atoms with E-state index in [4.69, 9.17) is 0 Å². The molecule has 28 heavy (non-hydrogen) atoms. The van der Waals surface area contributed by atoms with Crippen molar-refractivity contribution in [1.82, 2.24) is 9.21 Å². The number of halogens is 1. The maximum Gasteiger partial charge on any atom is 0.223 e. The molecule has 0 N–H and O–H groups in total. The van der Waals surface area contributed by atoms with Crippen LogP contribution in [0.3, 0.4) is 0 Å². The van der Waals surface area contributed by atoms with Crippen LogP contribution in [0.5, 0.6) is 0 Å². The summed E-state index contributed by atoms with van der Waals surface area (Å²) in [5, 5.41) is 0. The molecule has 5 nitrogen and oxygen atoms in total. The van der Waals surface area contributed by atoms with Gasteiger partial charge in [0.05, 0.1) is 5.75 Å². The Morgan fingerprint density at radius 1 is 0.964 bits per heavy atom. The number of hydrogen-bond acceptors (Lipinski definition) is 4. The van der Waals surface area contributed by atoms with Crippen molar-refractivity contribution in [2.45, 2.75) is 17.1 Å². The molecule has 0 atom stereocenters. The highest BCUT2D eigenvalue weighted by Gasteiger charge is 2.28. The first-order valence-corrected chi connectivity index (χ1v) is 12.5. The van der Waals surface area contributed by atoms with Crippen molar-refractivity contribution >= 4 is 43.6 Å². The van der Waals surface area contributed by atoms with Crippen LogP contribution in [0.4, 0.5) is 0 Å². The number of benzene rings is 2. The second-order valence-corrected chi connectivity index (χ2v) is 10.6. The Kier molecular flexibility index (Phi) is 7.56. The minimum absolute atomic E-state index is 0.00557. The van der Waals surface area contributed by atoms with E-state index < -0.39 is 10.0 Å². The van der Waals surface area contributed by atoms with Crippen molar-refractivity contribution in [3.05, 3.63) is 64.6 Å². The zero-order valence-electron chi connectivity index (χ0n) is 15.5. The molecule has 0 aromatic heterocycles. The van der Waals surface area contributed by atoms with Gasteiger partial charge in [-0.2, -0.15) is 4.31 Å². The Morgan fingerprint density at radius 3 is 2.25 bits per heavy atom. The van der Waals surface area contributed by atoms with Gasteiger partial charge in [-0.05, 0) is 29.8 Å². The molecular weight excluding hydrogens is 460 g/mol. The number of carbonyl (C=O) groups excluding carboxylic acids is 1. The lowest BCUT2D eigenvalue weighted by Crippen LogP contribution is -2.50. The van der Waals surface area contributed by atoms with Gasteiger partial charge in [0, 0.05) is 47.7 Å². The highest BCUT2D eigenvalue weighted by atomic mass is 79.9. The van der Waals surface area contributed by atoms with E-state index in [0.717, 1.165) is 14.9 Å². The molecule has 1 amide bonds. The third kappa shape index (κ3) is 6.07. The molecule has 0 bridgehead atoms. The predicted octanol–water partition coefficient (Wildman–Crippen LogP) is 3.61. The number of piperazine rings is 1. The second-order valence-electron chi connectivity index (χ2n) is 6.57.